The molecule has 1 aromatic carbocycles. The summed E-state index contributed by atoms with van der Waals surface area (Å²) in [5.41, 5.74) is 5.20. The topological polar surface area (TPSA) is 24.9 Å². The summed E-state index contributed by atoms with van der Waals surface area (Å²) in [5.74, 6) is 0. The summed E-state index contributed by atoms with van der Waals surface area (Å²) < 4.78 is 0. The van der Waals surface area contributed by atoms with Gasteiger partial charge in [-0.1, -0.05) is 23.8 Å². The molecule has 0 saturated carbocycles. The van der Waals surface area contributed by atoms with E-state index in [0.717, 1.165) is 12.1 Å². The summed E-state index contributed by atoms with van der Waals surface area (Å²) in [7, 11) is 2.03. The van der Waals surface area contributed by atoms with Gasteiger partial charge in [0.2, 0.25) is 0 Å². The van der Waals surface area contributed by atoms with Crippen LogP contribution in [-0.4, -0.2) is 12.0 Å². The summed E-state index contributed by atoms with van der Waals surface area (Å²) in [5, 5.41) is 4.65. The molecule has 2 rings (SSSR count). The first-order valence-corrected chi connectivity index (χ1v) is 7.50. The molecule has 19 heavy (non-hydrogen) atoms. The van der Waals surface area contributed by atoms with Gasteiger partial charge in [0.15, 0.2) is 0 Å². The summed E-state index contributed by atoms with van der Waals surface area (Å²) in [4.78, 5) is 5.98. The maximum atomic E-state index is 4.65. The third-order valence-electron chi connectivity index (χ3n) is 3.61. The quantitative estimate of drug-likeness (QED) is 0.915. The van der Waals surface area contributed by atoms with E-state index in [-0.39, 0.29) is 0 Å². The molecule has 0 saturated heterocycles. The molecule has 1 aromatic heterocycles. The Hall–Kier alpha value is -1.19. The van der Waals surface area contributed by atoms with Crippen molar-refractivity contribution in [3.8, 4) is 0 Å². The fourth-order valence-electron chi connectivity index (χ4n) is 2.30. The van der Waals surface area contributed by atoms with E-state index >= 15 is 0 Å². The lowest BCUT2D eigenvalue weighted by molar-refractivity contribution is 0.586. The molecule has 1 unspecified atom stereocenters. The van der Waals surface area contributed by atoms with Gasteiger partial charge in [0, 0.05) is 17.3 Å². The van der Waals surface area contributed by atoms with Crippen LogP contribution in [0, 0.1) is 27.7 Å². The second kappa shape index (κ2) is 5.85. The number of hydrogen-bond donors (Lipinski definition) is 1. The van der Waals surface area contributed by atoms with Gasteiger partial charge in [0.25, 0.3) is 0 Å². The standard InChI is InChI=1S/C16H22N2S/c1-10-6-7-11(2)14(8-10)15(17-5)9-16-18-12(3)13(4)19-16/h6-8,15,17H,9H2,1-5H3. The molecule has 0 aliphatic rings. The zero-order valence-electron chi connectivity index (χ0n) is 12.4. The number of nitrogens with one attached hydrogen (secondary N) is 1. The third-order valence-corrected chi connectivity index (χ3v) is 4.71. The maximum Gasteiger partial charge on any atom is 0.0949 e. The van der Waals surface area contributed by atoms with Gasteiger partial charge in [-0.15, -0.1) is 11.3 Å². The van der Waals surface area contributed by atoms with Gasteiger partial charge in [0.1, 0.15) is 0 Å². The van der Waals surface area contributed by atoms with E-state index < -0.39 is 0 Å². The van der Waals surface area contributed by atoms with Crippen molar-refractivity contribution >= 4 is 11.3 Å². The number of aromatic nitrogens is 1. The van der Waals surface area contributed by atoms with Crippen molar-refractivity contribution in [1.29, 1.82) is 0 Å². The molecule has 0 aliphatic heterocycles. The summed E-state index contributed by atoms with van der Waals surface area (Å²) in [6, 6.07) is 6.99. The molecule has 0 spiro atoms. The molecule has 1 heterocycles. The highest BCUT2D eigenvalue weighted by Gasteiger charge is 2.15. The van der Waals surface area contributed by atoms with E-state index in [1.807, 2.05) is 18.4 Å². The van der Waals surface area contributed by atoms with E-state index in [2.05, 4.69) is 56.2 Å². The number of hydrogen-bond acceptors (Lipinski definition) is 3. The molecule has 2 nitrogen and oxygen atoms in total. The monoisotopic (exact) mass is 274 g/mol. The minimum Gasteiger partial charge on any atom is -0.313 e. The van der Waals surface area contributed by atoms with Crippen molar-refractivity contribution in [2.24, 2.45) is 0 Å². The Morgan fingerprint density at radius 3 is 2.53 bits per heavy atom. The molecule has 102 valence electrons. The Labute approximate surface area is 119 Å². The highest BCUT2D eigenvalue weighted by molar-refractivity contribution is 7.11. The van der Waals surface area contributed by atoms with E-state index in [1.54, 1.807) is 0 Å². The zero-order valence-corrected chi connectivity index (χ0v) is 13.2. The second-order valence-electron chi connectivity index (χ2n) is 5.15. The highest BCUT2D eigenvalue weighted by Crippen LogP contribution is 2.25. The fraction of sp³-hybridized carbons (Fsp3) is 0.438. The maximum absolute atomic E-state index is 4.65. The van der Waals surface area contributed by atoms with E-state index in [4.69, 9.17) is 0 Å². The second-order valence-corrected chi connectivity index (χ2v) is 6.44. The molecule has 0 bridgehead atoms. The summed E-state index contributed by atoms with van der Waals surface area (Å²) in [6.07, 6.45) is 0.958. The smallest absolute Gasteiger partial charge is 0.0949 e. The number of benzene rings is 1. The minimum atomic E-state index is 0.338. The molecule has 1 N–H and O–H groups in total. The summed E-state index contributed by atoms with van der Waals surface area (Å²) in [6.45, 7) is 8.55. The van der Waals surface area contributed by atoms with E-state index in [0.29, 0.717) is 6.04 Å². The van der Waals surface area contributed by atoms with Crippen molar-refractivity contribution < 1.29 is 0 Å². The first-order valence-electron chi connectivity index (χ1n) is 6.68. The predicted octanol–water partition coefficient (Wildman–Crippen LogP) is 3.88. The first kappa shape index (κ1) is 14.2. The van der Waals surface area contributed by atoms with Crippen LogP contribution in [0.2, 0.25) is 0 Å². The van der Waals surface area contributed by atoms with Gasteiger partial charge < -0.3 is 5.32 Å². The SMILES string of the molecule is CNC(Cc1nc(C)c(C)s1)c1cc(C)ccc1C. The van der Waals surface area contributed by atoms with Crippen LogP contribution in [-0.2, 0) is 6.42 Å². The Kier molecular flexibility index (Phi) is 4.38. The largest absolute Gasteiger partial charge is 0.313 e. The molecule has 2 aromatic rings. The molecule has 1 atom stereocenters. The highest BCUT2D eigenvalue weighted by atomic mass is 32.1. The Bertz CT molecular complexity index is 553. The normalized spacial score (nSPS) is 12.7. The average Bonchev–Trinajstić information content (AvgIpc) is 2.69. The van der Waals surface area contributed by atoms with Crippen molar-refractivity contribution in [3.63, 3.8) is 0 Å². The van der Waals surface area contributed by atoms with Crippen LogP contribution in [0.5, 0.6) is 0 Å². The lowest BCUT2D eigenvalue weighted by Crippen LogP contribution is -2.20. The third kappa shape index (κ3) is 3.23. The lowest BCUT2D eigenvalue weighted by Gasteiger charge is -2.18. The van der Waals surface area contributed by atoms with Crippen molar-refractivity contribution in [1.82, 2.24) is 10.3 Å². The number of aryl methyl sites for hydroxylation is 4. The molecule has 0 amide bonds. The average molecular weight is 274 g/mol. The van der Waals surface area contributed by atoms with Gasteiger partial charge >= 0.3 is 0 Å². The number of thiazole rings is 1. The van der Waals surface area contributed by atoms with E-state index in [1.165, 1.54) is 26.6 Å². The zero-order chi connectivity index (χ0) is 14.0. The predicted molar refractivity (Wildman–Crippen MR) is 83.0 cm³/mol. The van der Waals surface area contributed by atoms with Crippen LogP contribution in [0.25, 0.3) is 0 Å². The molecule has 0 fully saturated rings. The van der Waals surface area contributed by atoms with Crippen molar-refractivity contribution in [2.45, 2.75) is 40.2 Å². The van der Waals surface area contributed by atoms with Gasteiger partial charge in [0.05, 0.1) is 10.7 Å². The Balaban J connectivity index is 2.27. The number of nitrogens with zero attached hydrogens (tertiary/aromatic N) is 1. The van der Waals surface area contributed by atoms with Crippen LogP contribution in [0.1, 0.15) is 38.3 Å². The van der Waals surface area contributed by atoms with Crippen LogP contribution in [0.4, 0.5) is 0 Å². The molecular weight excluding hydrogens is 252 g/mol. The molecule has 0 radical (unpaired) electrons. The van der Waals surface area contributed by atoms with Crippen LogP contribution in [0.3, 0.4) is 0 Å². The first-order chi connectivity index (χ1) is 9.01. The van der Waals surface area contributed by atoms with Crippen molar-refractivity contribution in [2.75, 3.05) is 7.05 Å². The minimum absolute atomic E-state index is 0.338. The fourth-order valence-corrected chi connectivity index (χ4v) is 3.28. The lowest BCUT2D eigenvalue weighted by atomic mass is 9.97. The Morgan fingerprint density at radius 2 is 1.95 bits per heavy atom. The molecule has 0 aliphatic carbocycles. The van der Waals surface area contributed by atoms with Gasteiger partial charge in [-0.05, 0) is 45.9 Å². The number of rotatable bonds is 4. The van der Waals surface area contributed by atoms with Crippen LogP contribution in [0.15, 0.2) is 18.2 Å². The molecule has 3 heteroatoms. The Morgan fingerprint density at radius 1 is 1.21 bits per heavy atom. The van der Waals surface area contributed by atoms with Gasteiger partial charge in [-0.25, -0.2) is 4.98 Å². The molecular formula is C16H22N2S. The van der Waals surface area contributed by atoms with Crippen LogP contribution >= 0.6 is 11.3 Å². The van der Waals surface area contributed by atoms with Crippen molar-refractivity contribution in [3.05, 3.63) is 50.5 Å². The van der Waals surface area contributed by atoms with Gasteiger partial charge in [-0.3, -0.25) is 0 Å². The summed E-state index contributed by atoms with van der Waals surface area (Å²) >= 11 is 1.81. The van der Waals surface area contributed by atoms with Gasteiger partial charge in [-0.2, -0.15) is 0 Å². The van der Waals surface area contributed by atoms with Crippen LogP contribution < -0.4 is 5.32 Å². The number of likely N-dealkylation sites (N-methyl/N-ethyl adjacent to an activating group) is 1. The van der Waals surface area contributed by atoms with E-state index in [9.17, 15) is 0 Å².